The van der Waals surface area contributed by atoms with Gasteiger partial charge in [0.05, 0.1) is 6.61 Å². The van der Waals surface area contributed by atoms with E-state index in [9.17, 15) is 9.18 Å². The summed E-state index contributed by atoms with van der Waals surface area (Å²) in [5.74, 6) is -1.46. The molecule has 1 aromatic rings. The summed E-state index contributed by atoms with van der Waals surface area (Å²) in [6.45, 7) is 6.60. The normalized spacial score (nSPS) is 11.8. The van der Waals surface area contributed by atoms with E-state index >= 15 is 0 Å². The van der Waals surface area contributed by atoms with Crippen LogP contribution in [0.25, 0.3) is 6.08 Å². The fraction of sp³-hybridized carbons (Fsp3) is 0.400. The van der Waals surface area contributed by atoms with Crippen molar-refractivity contribution in [3.05, 3.63) is 35.7 Å². The van der Waals surface area contributed by atoms with Crippen molar-refractivity contribution in [2.75, 3.05) is 6.61 Å². The molecule has 0 saturated heterocycles. The third kappa shape index (κ3) is 5.55. The summed E-state index contributed by atoms with van der Waals surface area (Å²) in [4.78, 5) is 10.5. The highest BCUT2D eigenvalue weighted by Crippen LogP contribution is 2.26. The first-order valence-electron chi connectivity index (χ1n) is 6.12. The second-order valence-electron chi connectivity index (χ2n) is 5.49. The van der Waals surface area contributed by atoms with Crippen LogP contribution in [0.5, 0.6) is 5.75 Å². The van der Waals surface area contributed by atoms with Crippen LogP contribution in [0.15, 0.2) is 24.3 Å². The monoisotopic (exact) mass is 266 g/mol. The molecule has 104 valence electrons. The Bertz CT molecular complexity index is 473. The lowest BCUT2D eigenvalue weighted by molar-refractivity contribution is -0.131. The van der Waals surface area contributed by atoms with Crippen LogP contribution in [0.1, 0.15) is 32.8 Å². The Balaban J connectivity index is 2.83. The average molecular weight is 266 g/mol. The number of hydrogen-bond acceptors (Lipinski definition) is 2. The van der Waals surface area contributed by atoms with Crippen molar-refractivity contribution >= 4 is 12.0 Å². The Hall–Kier alpha value is -1.84. The Kier molecular flexibility index (Phi) is 5.10. The van der Waals surface area contributed by atoms with Gasteiger partial charge in [-0.1, -0.05) is 32.9 Å². The van der Waals surface area contributed by atoms with E-state index in [-0.39, 0.29) is 11.2 Å². The third-order valence-corrected chi connectivity index (χ3v) is 2.50. The lowest BCUT2D eigenvalue weighted by atomic mass is 9.93. The molecule has 19 heavy (non-hydrogen) atoms. The van der Waals surface area contributed by atoms with Crippen LogP contribution in [0.2, 0.25) is 0 Å². The highest BCUT2D eigenvalue weighted by molar-refractivity contribution is 5.85. The molecule has 0 fully saturated rings. The number of rotatable bonds is 5. The molecular formula is C15H19FO3. The van der Waals surface area contributed by atoms with Crippen LogP contribution in [0.3, 0.4) is 0 Å². The Labute approximate surface area is 112 Å². The van der Waals surface area contributed by atoms with Crippen molar-refractivity contribution < 1.29 is 19.0 Å². The number of carboxylic acids is 1. The van der Waals surface area contributed by atoms with E-state index in [0.29, 0.717) is 12.2 Å². The molecule has 3 nitrogen and oxygen atoms in total. The minimum Gasteiger partial charge on any atom is -0.490 e. The van der Waals surface area contributed by atoms with Crippen LogP contribution in [-0.2, 0) is 4.79 Å². The van der Waals surface area contributed by atoms with Crippen molar-refractivity contribution in [2.24, 2.45) is 5.41 Å². The molecule has 0 unspecified atom stereocenters. The molecule has 0 bridgehead atoms. The minimum absolute atomic E-state index is 0.0995. The summed E-state index contributed by atoms with van der Waals surface area (Å²) in [5, 5.41) is 8.60. The average Bonchev–Trinajstić information content (AvgIpc) is 2.27. The van der Waals surface area contributed by atoms with Crippen molar-refractivity contribution in [3.63, 3.8) is 0 Å². The molecule has 0 aliphatic heterocycles. The van der Waals surface area contributed by atoms with Crippen molar-refractivity contribution in [1.82, 2.24) is 0 Å². The number of ether oxygens (including phenoxy) is 1. The van der Waals surface area contributed by atoms with E-state index < -0.39 is 11.8 Å². The molecule has 0 spiro atoms. The maximum atomic E-state index is 13.7. The number of halogens is 1. The molecule has 0 aromatic heterocycles. The second-order valence-corrected chi connectivity index (χ2v) is 5.49. The van der Waals surface area contributed by atoms with Crippen LogP contribution >= 0.6 is 0 Å². The number of hydrogen-bond donors (Lipinski definition) is 1. The molecule has 0 heterocycles. The van der Waals surface area contributed by atoms with Crippen LogP contribution in [-0.4, -0.2) is 17.7 Å². The molecular weight excluding hydrogens is 247 g/mol. The molecule has 0 radical (unpaired) electrons. The van der Waals surface area contributed by atoms with Gasteiger partial charge in [-0.2, -0.15) is 0 Å². The van der Waals surface area contributed by atoms with E-state index in [1.165, 1.54) is 18.2 Å². The molecule has 4 heteroatoms. The van der Waals surface area contributed by atoms with Gasteiger partial charge in [-0.15, -0.1) is 0 Å². The first-order valence-corrected chi connectivity index (χ1v) is 6.12. The van der Waals surface area contributed by atoms with Gasteiger partial charge in [0.2, 0.25) is 0 Å². The van der Waals surface area contributed by atoms with E-state index in [2.05, 4.69) is 20.8 Å². The summed E-state index contributed by atoms with van der Waals surface area (Å²) >= 11 is 0. The van der Waals surface area contributed by atoms with E-state index in [0.717, 1.165) is 12.5 Å². The molecule has 0 atom stereocenters. The second kappa shape index (κ2) is 6.36. The van der Waals surface area contributed by atoms with E-state index in [4.69, 9.17) is 9.84 Å². The molecule has 0 amide bonds. The summed E-state index contributed by atoms with van der Waals surface area (Å²) in [6.07, 6.45) is 3.08. The molecule has 1 rings (SSSR count). The van der Waals surface area contributed by atoms with Crippen molar-refractivity contribution in [3.8, 4) is 5.75 Å². The predicted octanol–water partition coefficient (Wildman–Crippen LogP) is 3.74. The van der Waals surface area contributed by atoms with Crippen molar-refractivity contribution in [1.29, 1.82) is 0 Å². The van der Waals surface area contributed by atoms with Gasteiger partial charge in [0, 0.05) is 11.6 Å². The topological polar surface area (TPSA) is 46.5 Å². The Morgan fingerprint density at radius 1 is 1.42 bits per heavy atom. The van der Waals surface area contributed by atoms with Gasteiger partial charge < -0.3 is 9.84 Å². The molecule has 1 N–H and O–H groups in total. The first-order chi connectivity index (χ1) is 8.79. The molecule has 1 aromatic carbocycles. The number of para-hydroxylation sites is 1. The largest absolute Gasteiger partial charge is 0.490 e. The molecule has 0 aliphatic carbocycles. The Morgan fingerprint density at radius 3 is 2.68 bits per heavy atom. The zero-order chi connectivity index (χ0) is 14.5. The third-order valence-electron chi connectivity index (χ3n) is 2.50. The standard InChI is InChI=1S/C15H19FO3/c1-15(2,3)9-10-19-14-11(7-8-13(17)18)5-4-6-12(14)16/h4-8H,9-10H2,1-3H3,(H,17,18)/b8-7+. The van der Waals surface area contributed by atoms with Crippen LogP contribution in [0.4, 0.5) is 4.39 Å². The van der Waals surface area contributed by atoms with Crippen molar-refractivity contribution in [2.45, 2.75) is 27.2 Å². The summed E-state index contributed by atoms with van der Waals surface area (Å²) < 4.78 is 19.1. The highest BCUT2D eigenvalue weighted by Gasteiger charge is 2.12. The van der Waals surface area contributed by atoms with Gasteiger partial charge in [0.1, 0.15) is 0 Å². The van der Waals surface area contributed by atoms with Gasteiger partial charge in [-0.25, -0.2) is 9.18 Å². The van der Waals surface area contributed by atoms with Gasteiger partial charge >= 0.3 is 5.97 Å². The first kappa shape index (κ1) is 15.2. The van der Waals surface area contributed by atoms with Gasteiger partial charge in [-0.3, -0.25) is 0 Å². The van der Waals surface area contributed by atoms with Crippen LogP contribution < -0.4 is 4.74 Å². The zero-order valence-corrected chi connectivity index (χ0v) is 11.4. The maximum absolute atomic E-state index is 13.7. The minimum atomic E-state index is -1.08. The number of carbonyl (C=O) groups is 1. The van der Waals surface area contributed by atoms with E-state index in [1.54, 1.807) is 6.07 Å². The number of carboxylic acid groups (broad SMARTS) is 1. The summed E-state index contributed by atoms with van der Waals surface area (Å²) in [5.41, 5.74) is 0.527. The summed E-state index contributed by atoms with van der Waals surface area (Å²) in [7, 11) is 0. The number of benzene rings is 1. The van der Waals surface area contributed by atoms with Gasteiger partial charge in [0.15, 0.2) is 11.6 Å². The predicted molar refractivity (Wildman–Crippen MR) is 72.6 cm³/mol. The smallest absolute Gasteiger partial charge is 0.328 e. The summed E-state index contributed by atoms with van der Waals surface area (Å²) in [6, 6.07) is 4.44. The SMILES string of the molecule is CC(C)(C)CCOc1c(F)cccc1/C=C/C(=O)O. The van der Waals surface area contributed by atoms with Gasteiger partial charge in [0.25, 0.3) is 0 Å². The van der Waals surface area contributed by atoms with E-state index in [1.807, 2.05) is 0 Å². The molecule has 0 aliphatic rings. The van der Waals surface area contributed by atoms with Crippen LogP contribution in [0, 0.1) is 11.2 Å². The maximum Gasteiger partial charge on any atom is 0.328 e. The lowest BCUT2D eigenvalue weighted by Crippen LogP contribution is -2.12. The highest BCUT2D eigenvalue weighted by atomic mass is 19.1. The lowest BCUT2D eigenvalue weighted by Gasteiger charge is -2.18. The quantitative estimate of drug-likeness (QED) is 0.826. The molecule has 0 saturated carbocycles. The fourth-order valence-corrected chi connectivity index (χ4v) is 1.43. The zero-order valence-electron chi connectivity index (χ0n) is 11.4. The number of aliphatic carboxylic acids is 1. The fourth-order valence-electron chi connectivity index (χ4n) is 1.43. The Morgan fingerprint density at radius 2 is 2.11 bits per heavy atom. The van der Waals surface area contributed by atoms with Gasteiger partial charge in [-0.05, 0) is 24.0 Å².